The highest BCUT2D eigenvalue weighted by Gasteiger charge is 2.36. The topological polar surface area (TPSA) is 58.1 Å². The quantitative estimate of drug-likeness (QED) is 0.775. The Hall–Kier alpha value is -2.88. The first-order valence-electron chi connectivity index (χ1n) is 7.61. The van der Waals surface area contributed by atoms with Gasteiger partial charge in [-0.2, -0.15) is 28.2 Å². The van der Waals surface area contributed by atoms with Crippen molar-refractivity contribution in [2.24, 2.45) is 11.0 Å². The summed E-state index contributed by atoms with van der Waals surface area (Å²) in [5.41, 5.74) is -2.92. The monoisotopic (exact) mass is 347 g/mol. The molecule has 0 spiro atoms. The smallest absolute Gasteiger partial charge is 0.266 e. The van der Waals surface area contributed by atoms with E-state index < -0.39 is 22.9 Å². The van der Waals surface area contributed by atoms with E-state index in [2.05, 4.69) is 5.10 Å². The summed E-state index contributed by atoms with van der Waals surface area (Å²) < 4.78 is 40.6. The first kappa shape index (κ1) is 18.5. The maximum absolute atomic E-state index is 13.3. The molecule has 0 radical (unpaired) electrons. The lowest BCUT2D eigenvalue weighted by Gasteiger charge is -2.14. The number of hydrogen-bond donors (Lipinski definition) is 0. The van der Waals surface area contributed by atoms with Gasteiger partial charge in [0.15, 0.2) is 0 Å². The van der Waals surface area contributed by atoms with E-state index in [1.165, 1.54) is 12.3 Å². The predicted molar refractivity (Wildman–Crippen MR) is 89.2 cm³/mol. The van der Waals surface area contributed by atoms with Crippen molar-refractivity contribution < 1.29 is 13.2 Å². The first-order valence-corrected chi connectivity index (χ1v) is 7.61. The Morgan fingerprint density at radius 3 is 2.44 bits per heavy atom. The van der Waals surface area contributed by atoms with E-state index in [4.69, 9.17) is 5.26 Å². The molecule has 0 saturated heterocycles. The van der Waals surface area contributed by atoms with Gasteiger partial charge in [-0.3, -0.25) is 4.79 Å². The van der Waals surface area contributed by atoms with Gasteiger partial charge in [0.2, 0.25) is 0 Å². The second-order valence-corrected chi connectivity index (χ2v) is 5.84. The Morgan fingerprint density at radius 1 is 1.28 bits per heavy atom. The summed E-state index contributed by atoms with van der Waals surface area (Å²) in [6, 6.07) is 10.3. The zero-order chi connectivity index (χ0) is 18.6. The first-order chi connectivity index (χ1) is 11.8. The van der Waals surface area contributed by atoms with Crippen LogP contribution in [-0.2, 0) is 6.18 Å². The summed E-state index contributed by atoms with van der Waals surface area (Å²) in [5, 5.41) is 13.1. The Kier molecular flexibility index (Phi) is 5.42. The summed E-state index contributed by atoms with van der Waals surface area (Å²) in [4.78, 5) is 12.5. The van der Waals surface area contributed by atoms with Gasteiger partial charge >= 0.3 is 6.18 Å². The van der Waals surface area contributed by atoms with Gasteiger partial charge in [-0.25, -0.2) is 0 Å². The molecule has 130 valence electrons. The SMILES string of the molecule is CC(C)C/C=N/n1c(-c2ccccc2)cc(C(F)(F)F)c(C#N)c1=O. The summed E-state index contributed by atoms with van der Waals surface area (Å²) in [6.45, 7) is 3.89. The van der Waals surface area contributed by atoms with Gasteiger partial charge in [0, 0.05) is 11.8 Å². The van der Waals surface area contributed by atoms with Gasteiger partial charge < -0.3 is 0 Å². The molecule has 2 rings (SSSR count). The molecule has 0 amide bonds. The fourth-order valence-corrected chi connectivity index (χ4v) is 2.20. The highest BCUT2D eigenvalue weighted by atomic mass is 19.4. The largest absolute Gasteiger partial charge is 0.417 e. The Morgan fingerprint density at radius 2 is 1.92 bits per heavy atom. The molecule has 0 aliphatic carbocycles. The molecule has 0 N–H and O–H groups in total. The summed E-state index contributed by atoms with van der Waals surface area (Å²) in [5.74, 6) is 0.268. The molecular weight excluding hydrogens is 331 g/mol. The molecule has 7 heteroatoms. The lowest BCUT2D eigenvalue weighted by molar-refractivity contribution is -0.137. The fourth-order valence-electron chi connectivity index (χ4n) is 2.20. The molecular formula is C18H16F3N3O. The van der Waals surface area contributed by atoms with Crippen molar-refractivity contribution in [1.29, 1.82) is 5.26 Å². The summed E-state index contributed by atoms with van der Waals surface area (Å²) >= 11 is 0. The average molecular weight is 347 g/mol. The number of pyridine rings is 1. The zero-order valence-corrected chi connectivity index (χ0v) is 13.7. The average Bonchev–Trinajstić information content (AvgIpc) is 2.55. The maximum atomic E-state index is 13.3. The zero-order valence-electron chi connectivity index (χ0n) is 13.7. The van der Waals surface area contributed by atoms with Crippen LogP contribution in [0.25, 0.3) is 11.3 Å². The van der Waals surface area contributed by atoms with E-state index in [1.54, 1.807) is 30.3 Å². The number of aromatic nitrogens is 1. The molecule has 2 aromatic rings. The highest BCUT2D eigenvalue weighted by Crippen LogP contribution is 2.33. The normalized spacial score (nSPS) is 11.9. The minimum absolute atomic E-state index is 0.0167. The Bertz CT molecular complexity index is 875. The molecule has 1 aromatic heterocycles. The molecule has 0 fully saturated rings. The van der Waals surface area contributed by atoms with E-state index >= 15 is 0 Å². The molecule has 1 heterocycles. The minimum atomic E-state index is -4.81. The molecule has 0 saturated carbocycles. The lowest BCUT2D eigenvalue weighted by atomic mass is 10.0. The van der Waals surface area contributed by atoms with Gasteiger partial charge in [-0.1, -0.05) is 44.2 Å². The van der Waals surface area contributed by atoms with Crippen LogP contribution in [0.15, 0.2) is 46.3 Å². The van der Waals surface area contributed by atoms with Gasteiger partial charge in [-0.15, -0.1) is 0 Å². The molecule has 25 heavy (non-hydrogen) atoms. The van der Waals surface area contributed by atoms with Crippen LogP contribution in [0.5, 0.6) is 0 Å². The van der Waals surface area contributed by atoms with Crippen LogP contribution in [0, 0.1) is 17.2 Å². The summed E-state index contributed by atoms with van der Waals surface area (Å²) in [6.07, 6.45) is -2.80. The standard InChI is InChI=1S/C18H16F3N3O/c1-12(2)8-9-23-24-16(13-6-4-3-5-7-13)10-15(18(19,20)21)14(11-22)17(24)25/h3-7,9-10,12H,8H2,1-2H3/b23-9+. The third-order valence-corrected chi connectivity index (χ3v) is 3.45. The predicted octanol–water partition coefficient (Wildman–Crippen LogP) is 4.29. The van der Waals surface area contributed by atoms with Gasteiger partial charge in [0.05, 0.1) is 11.3 Å². The van der Waals surface area contributed by atoms with Crippen LogP contribution < -0.4 is 5.56 Å². The van der Waals surface area contributed by atoms with E-state index in [1.807, 2.05) is 13.8 Å². The van der Waals surface area contributed by atoms with Gasteiger partial charge in [0.1, 0.15) is 11.6 Å². The molecule has 0 aliphatic rings. The van der Waals surface area contributed by atoms with Gasteiger partial charge in [-0.05, 0) is 18.4 Å². The van der Waals surface area contributed by atoms with Gasteiger partial charge in [0.25, 0.3) is 5.56 Å². The van der Waals surface area contributed by atoms with Crippen LogP contribution in [0.1, 0.15) is 31.4 Å². The third kappa shape index (κ3) is 4.15. The van der Waals surface area contributed by atoms with Crippen molar-refractivity contribution in [2.45, 2.75) is 26.4 Å². The molecule has 0 bridgehead atoms. The van der Waals surface area contributed by atoms with E-state index in [-0.39, 0.29) is 11.6 Å². The molecule has 4 nitrogen and oxygen atoms in total. The van der Waals surface area contributed by atoms with Crippen molar-refractivity contribution in [3.8, 4) is 17.3 Å². The van der Waals surface area contributed by atoms with Crippen molar-refractivity contribution in [1.82, 2.24) is 4.68 Å². The second kappa shape index (κ2) is 7.34. The molecule has 0 atom stereocenters. The van der Waals surface area contributed by atoms with Crippen LogP contribution in [-0.4, -0.2) is 10.9 Å². The van der Waals surface area contributed by atoms with E-state index in [0.717, 1.165) is 10.7 Å². The number of nitrogens with zero attached hydrogens (tertiary/aromatic N) is 3. The second-order valence-electron chi connectivity index (χ2n) is 5.84. The van der Waals surface area contributed by atoms with E-state index in [9.17, 15) is 18.0 Å². The number of rotatable bonds is 4. The number of nitriles is 1. The Balaban J connectivity index is 2.78. The number of benzene rings is 1. The third-order valence-electron chi connectivity index (χ3n) is 3.45. The number of alkyl halides is 3. The maximum Gasteiger partial charge on any atom is 0.417 e. The van der Waals surface area contributed by atoms with Crippen LogP contribution >= 0.6 is 0 Å². The van der Waals surface area contributed by atoms with Crippen molar-refractivity contribution in [3.63, 3.8) is 0 Å². The van der Waals surface area contributed by atoms with Crippen LogP contribution in [0.2, 0.25) is 0 Å². The Labute approximate surface area is 142 Å². The van der Waals surface area contributed by atoms with Crippen molar-refractivity contribution >= 4 is 6.21 Å². The van der Waals surface area contributed by atoms with Crippen LogP contribution in [0.4, 0.5) is 13.2 Å². The fraction of sp³-hybridized carbons (Fsp3) is 0.278. The van der Waals surface area contributed by atoms with E-state index in [0.29, 0.717) is 12.0 Å². The minimum Gasteiger partial charge on any atom is -0.266 e. The highest BCUT2D eigenvalue weighted by molar-refractivity contribution is 5.64. The number of hydrogen-bond acceptors (Lipinski definition) is 3. The lowest BCUT2D eigenvalue weighted by Crippen LogP contribution is -2.26. The van der Waals surface area contributed by atoms with Crippen molar-refractivity contribution in [2.75, 3.05) is 0 Å². The molecule has 1 aromatic carbocycles. The number of halogens is 3. The van der Waals surface area contributed by atoms with Crippen molar-refractivity contribution in [3.05, 3.63) is 57.9 Å². The summed E-state index contributed by atoms with van der Waals surface area (Å²) in [7, 11) is 0. The van der Waals surface area contributed by atoms with Crippen LogP contribution in [0.3, 0.4) is 0 Å². The molecule has 0 aliphatic heterocycles. The molecule has 0 unspecified atom stereocenters.